The molecule has 1 aliphatic carbocycles. The van der Waals surface area contributed by atoms with E-state index in [1.54, 1.807) is 6.92 Å². The van der Waals surface area contributed by atoms with Crippen LogP contribution in [0.4, 0.5) is 0 Å². The number of carbonyl (C=O) groups is 1. The van der Waals surface area contributed by atoms with E-state index in [1.807, 2.05) is 0 Å². The first kappa shape index (κ1) is 15.1. The van der Waals surface area contributed by atoms with Crippen molar-refractivity contribution in [1.29, 1.82) is 0 Å². The topological polar surface area (TPSA) is 116 Å². The number of ether oxygens (including phenoxy) is 1. The number of hydrogen-bond donors (Lipinski definition) is 2. The van der Waals surface area contributed by atoms with E-state index >= 15 is 0 Å². The van der Waals surface area contributed by atoms with Crippen molar-refractivity contribution in [1.82, 2.24) is 0 Å². The summed E-state index contributed by atoms with van der Waals surface area (Å²) in [6, 6.07) is -0.792. The lowest BCUT2D eigenvalue weighted by molar-refractivity contribution is -0.139. The molecule has 0 bridgehead atoms. The summed E-state index contributed by atoms with van der Waals surface area (Å²) in [5, 5.41) is 9.74. The molecule has 0 heterocycles. The number of nitrogens with two attached hydrogens (primary N) is 1. The van der Waals surface area contributed by atoms with Gasteiger partial charge >= 0.3 is 5.97 Å². The molecule has 0 unspecified atom stereocenters. The predicted octanol–water partition coefficient (Wildman–Crippen LogP) is -1.09. The molecule has 3 atom stereocenters. The first-order valence-corrected chi connectivity index (χ1v) is 7.26. The van der Waals surface area contributed by atoms with Crippen LogP contribution in [-0.4, -0.2) is 50.6 Å². The van der Waals surface area contributed by atoms with E-state index in [9.17, 15) is 18.3 Å². The van der Waals surface area contributed by atoms with Gasteiger partial charge < -0.3 is 15.6 Å². The lowest BCUT2D eigenvalue weighted by Gasteiger charge is -2.30. The van der Waals surface area contributed by atoms with Gasteiger partial charge in [0.1, 0.15) is 12.2 Å². The van der Waals surface area contributed by atoms with Crippen molar-refractivity contribution in [3.8, 4) is 0 Å². The van der Waals surface area contributed by atoms with Crippen molar-refractivity contribution in [2.45, 2.75) is 31.6 Å². The monoisotopic (exact) mass is 279 g/mol. The Kier molecular flexibility index (Phi) is 4.85. The van der Waals surface area contributed by atoms with Gasteiger partial charge in [-0.25, -0.2) is 4.79 Å². The molecule has 0 saturated heterocycles. The summed E-state index contributed by atoms with van der Waals surface area (Å²) < 4.78 is 31.5. The highest BCUT2D eigenvalue weighted by Crippen LogP contribution is 2.22. The lowest BCUT2D eigenvalue weighted by atomic mass is 9.91. The van der Waals surface area contributed by atoms with Gasteiger partial charge in [0.05, 0.1) is 12.9 Å². The Labute approximate surface area is 106 Å². The number of hydrogen-bond acceptors (Lipinski definition) is 7. The lowest BCUT2D eigenvalue weighted by Crippen LogP contribution is -2.48. The van der Waals surface area contributed by atoms with Gasteiger partial charge in [-0.1, -0.05) is 0 Å². The number of aliphatic hydroxyl groups excluding tert-OH is 1. The zero-order chi connectivity index (χ0) is 13.9. The van der Waals surface area contributed by atoms with Gasteiger partial charge in [-0.05, 0) is 19.4 Å². The SMILES string of the molecule is CCOC(=O)C1=C[C@@H](O)[C@@H](OS(C)(=O)=O)[C@H](N)C1. The first-order valence-electron chi connectivity index (χ1n) is 5.44. The molecular formula is C10H17NO6S. The van der Waals surface area contributed by atoms with Crippen LogP contribution >= 0.6 is 0 Å². The molecule has 0 fully saturated rings. The third-order valence-corrected chi connectivity index (χ3v) is 2.98. The summed E-state index contributed by atoms with van der Waals surface area (Å²) >= 11 is 0. The average molecular weight is 279 g/mol. The van der Waals surface area contributed by atoms with E-state index in [0.29, 0.717) is 0 Å². The Morgan fingerprint density at radius 2 is 2.22 bits per heavy atom. The number of carbonyl (C=O) groups excluding carboxylic acids is 1. The maximum Gasteiger partial charge on any atom is 0.333 e. The molecule has 0 saturated carbocycles. The molecule has 0 spiro atoms. The van der Waals surface area contributed by atoms with Gasteiger partial charge in [0.15, 0.2) is 0 Å². The van der Waals surface area contributed by atoms with Gasteiger partial charge in [0.25, 0.3) is 10.1 Å². The second kappa shape index (κ2) is 5.79. The van der Waals surface area contributed by atoms with Crippen molar-refractivity contribution in [2.24, 2.45) is 5.73 Å². The Morgan fingerprint density at radius 3 is 2.67 bits per heavy atom. The molecule has 1 rings (SSSR count). The van der Waals surface area contributed by atoms with E-state index in [4.69, 9.17) is 14.7 Å². The second-order valence-electron chi connectivity index (χ2n) is 4.04. The summed E-state index contributed by atoms with van der Waals surface area (Å²) in [7, 11) is -3.72. The Bertz CT molecular complexity index is 443. The van der Waals surface area contributed by atoms with Gasteiger partial charge in [0, 0.05) is 11.6 Å². The number of aliphatic hydroxyl groups is 1. The van der Waals surface area contributed by atoms with Crippen LogP contribution < -0.4 is 5.73 Å². The maximum atomic E-state index is 11.5. The van der Waals surface area contributed by atoms with Crippen LogP contribution in [0, 0.1) is 0 Å². The summed E-state index contributed by atoms with van der Waals surface area (Å²) in [6.45, 7) is 1.87. The van der Waals surface area contributed by atoms with Crippen LogP contribution in [0.15, 0.2) is 11.6 Å². The minimum atomic E-state index is -3.72. The molecule has 104 valence electrons. The van der Waals surface area contributed by atoms with Crippen LogP contribution in [0.2, 0.25) is 0 Å². The zero-order valence-electron chi connectivity index (χ0n) is 10.2. The summed E-state index contributed by atoms with van der Waals surface area (Å²) in [5.41, 5.74) is 5.93. The highest BCUT2D eigenvalue weighted by Gasteiger charge is 2.35. The van der Waals surface area contributed by atoms with E-state index in [-0.39, 0.29) is 18.6 Å². The summed E-state index contributed by atoms with van der Waals surface area (Å²) in [5.74, 6) is -0.565. The van der Waals surface area contributed by atoms with Gasteiger partial charge in [0.2, 0.25) is 0 Å². The Balaban J connectivity index is 2.83. The van der Waals surface area contributed by atoms with Crippen molar-refractivity contribution < 1.29 is 27.2 Å². The van der Waals surface area contributed by atoms with Crippen LogP contribution in [-0.2, 0) is 23.8 Å². The molecular weight excluding hydrogens is 262 g/mol. The van der Waals surface area contributed by atoms with Gasteiger partial charge in [-0.15, -0.1) is 0 Å². The molecule has 0 aliphatic heterocycles. The van der Waals surface area contributed by atoms with E-state index in [2.05, 4.69) is 0 Å². The Morgan fingerprint density at radius 1 is 1.61 bits per heavy atom. The van der Waals surface area contributed by atoms with Crippen molar-refractivity contribution in [3.63, 3.8) is 0 Å². The average Bonchev–Trinajstić information content (AvgIpc) is 2.22. The van der Waals surface area contributed by atoms with Crippen LogP contribution in [0.25, 0.3) is 0 Å². The third-order valence-electron chi connectivity index (χ3n) is 2.41. The highest BCUT2D eigenvalue weighted by atomic mass is 32.2. The molecule has 3 N–H and O–H groups in total. The fraction of sp³-hybridized carbons (Fsp3) is 0.700. The minimum absolute atomic E-state index is 0.0933. The normalized spacial score (nSPS) is 28.7. The zero-order valence-corrected chi connectivity index (χ0v) is 11.0. The molecule has 8 heteroatoms. The van der Waals surface area contributed by atoms with E-state index in [0.717, 1.165) is 6.26 Å². The van der Waals surface area contributed by atoms with E-state index < -0.39 is 34.3 Å². The predicted molar refractivity (Wildman–Crippen MR) is 63.0 cm³/mol. The number of esters is 1. The molecule has 0 aromatic rings. The second-order valence-corrected chi connectivity index (χ2v) is 5.64. The van der Waals surface area contributed by atoms with Gasteiger partial charge in [-0.2, -0.15) is 8.42 Å². The highest BCUT2D eigenvalue weighted by molar-refractivity contribution is 7.86. The van der Waals surface area contributed by atoms with Crippen LogP contribution in [0.3, 0.4) is 0 Å². The first-order chi connectivity index (χ1) is 8.24. The smallest absolute Gasteiger partial charge is 0.333 e. The van der Waals surface area contributed by atoms with Crippen LogP contribution in [0.1, 0.15) is 13.3 Å². The van der Waals surface area contributed by atoms with Crippen molar-refractivity contribution in [2.75, 3.05) is 12.9 Å². The minimum Gasteiger partial charge on any atom is -0.463 e. The van der Waals surface area contributed by atoms with E-state index in [1.165, 1.54) is 6.08 Å². The Hall–Kier alpha value is -0.960. The molecule has 0 amide bonds. The molecule has 18 heavy (non-hydrogen) atoms. The van der Waals surface area contributed by atoms with Gasteiger partial charge in [-0.3, -0.25) is 4.18 Å². The largest absolute Gasteiger partial charge is 0.463 e. The van der Waals surface area contributed by atoms with Crippen molar-refractivity contribution >= 4 is 16.1 Å². The molecule has 1 aliphatic rings. The molecule has 0 radical (unpaired) electrons. The summed E-state index contributed by atoms with van der Waals surface area (Å²) in [6.07, 6.45) is -0.161. The van der Waals surface area contributed by atoms with Crippen molar-refractivity contribution in [3.05, 3.63) is 11.6 Å². The fourth-order valence-corrected chi connectivity index (χ4v) is 2.36. The third kappa shape index (κ3) is 4.05. The molecule has 0 aromatic heterocycles. The molecule has 0 aromatic carbocycles. The molecule has 7 nitrogen and oxygen atoms in total. The standard InChI is InChI=1S/C10H17NO6S/c1-3-16-10(13)6-4-7(11)9(8(12)5-6)17-18(2,14)15/h5,7-9,12H,3-4,11H2,1-2H3/t7-,8-,9+/m1/s1. The fourth-order valence-electron chi connectivity index (χ4n) is 1.70. The summed E-state index contributed by atoms with van der Waals surface area (Å²) in [4.78, 5) is 11.5. The maximum absolute atomic E-state index is 11.5. The van der Waals surface area contributed by atoms with Crippen LogP contribution in [0.5, 0.6) is 0 Å². The quantitative estimate of drug-likeness (QED) is 0.496. The number of rotatable bonds is 4.